The van der Waals surface area contributed by atoms with Crippen LogP contribution in [0.1, 0.15) is 22.1 Å². The zero-order valence-electron chi connectivity index (χ0n) is 10.5. The second-order valence-corrected chi connectivity index (χ2v) is 4.73. The van der Waals surface area contributed by atoms with Gasteiger partial charge in [-0.25, -0.2) is 13.5 Å². The number of aromatic nitrogens is 3. The van der Waals surface area contributed by atoms with Crippen LogP contribution in [0.3, 0.4) is 0 Å². The lowest BCUT2D eigenvalue weighted by atomic mass is 10.1. The number of benzene rings is 1. The highest BCUT2D eigenvalue weighted by molar-refractivity contribution is 5.95. The van der Waals surface area contributed by atoms with Gasteiger partial charge in [-0.05, 0) is 23.8 Å². The molecule has 104 valence electrons. The van der Waals surface area contributed by atoms with Crippen molar-refractivity contribution in [1.82, 2.24) is 20.3 Å². The van der Waals surface area contributed by atoms with Crippen molar-refractivity contribution in [2.75, 3.05) is 13.1 Å². The Morgan fingerprint density at radius 3 is 2.90 bits per heavy atom. The van der Waals surface area contributed by atoms with Gasteiger partial charge in [-0.15, -0.1) is 5.10 Å². The van der Waals surface area contributed by atoms with Gasteiger partial charge >= 0.3 is 0 Å². The van der Waals surface area contributed by atoms with E-state index in [2.05, 4.69) is 15.6 Å². The fourth-order valence-corrected chi connectivity index (χ4v) is 1.99. The highest BCUT2D eigenvalue weighted by Gasteiger charge is 2.22. The fourth-order valence-electron chi connectivity index (χ4n) is 1.99. The molecule has 1 N–H and O–H groups in total. The van der Waals surface area contributed by atoms with Crippen LogP contribution in [0.25, 0.3) is 0 Å². The minimum Gasteiger partial charge on any atom is -0.312 e. The van der Waals surface area contributed by atoms with Gasteiger partial charge in [-0.1, -0.05) is 5.21 Å². The number of ketones is 1. The van der Waals surface area contributed by atoms with Gasteiger partial charge < -0.3 is 5.32 Å². The van der Waals surface area contributed by atoms with Crippen molar-refractivity contribution in [3.8, 4) is 0 Å². The summed E-state index contributed by atoms with van der Waals surface area (Å²) in [6.45, 7) is 1.57. The summed E-state index contributed by atoms with van der Waals surface area (Å²) in [4.78, 5) is 12.0. The second kappa shape index (κ2) is 5.09. The van der Waals surface area contributed by atoms with Crippen molar-refractivity contribution >= 4 is 5.78 Å². The number of hydrogen-bond donors (Lipinski definition) is 1. The van der Waals surface area contributed by atoms with E-state index < -0.39 is 11.6 Å². The summed E-state index contributed by atoms with van der Waals surface area (Å²) < 4.78 is 28.1. The fraction of sp³-hybridized carbons (Fsp3) is 0.308. The smallest absolute Gasteiger partial charge is 0.189 e. The van der Waals surface area contributed by atoms with Crippen LogP contribution in [0.2, 0.25) is 0 Å². The number of nitrogens with one attached hydrogen (secondary N) is 1. The van der Waals surface area contributed by atoms with Crippen LogP contribution >= 0.6 is 0 Å². The average molecular weight is 278 g/mol. The standard InChI is InChI=1S/C13H12F2N4O/c14-9-1-2-11(15)8(3-9)4-13(20)12-7-19(18-17-12)10-5-16-6-10/h1-3,7,10,16H,4-6H2. The molecule has 1 saturated heterocycles. The molecule has 0 amide bonds. The van der Waals surface area contributed by atoms with E-state index in [1.165, 1.54) is 0 Å². The van der Waals surface area contributed by atoms with Gasteiger partial charge in [-0.3, -0.25) is 4.79 Å². The average Bonchev–Trinajstić information content (AvgIpc) is 2.81. The van der Waals surface area contributed by atoms with Crippen LogP contribution in [0.15, 0.2) is 24.4 Å². The molecule has 1 aliphatic heterocycles. The van der Waals surface area contributed by atoms with Gasteiger partial charge in [0, 0.05) is 19.5 Å². The molecule has 1 fully saturated rings. The van der Waals surface area contributed by atoms with Crippen LogP contribution < -0.4 is 5.32 Å². The van der Waals surface area contributed by atoms with E-state index in [4.69, 9.17) is 0 Å². The summed E-state index contributed by atoms with van der Waals surface area (Å²) in [5.41, 5.74) is 0.190. The first kappa shape index (κ1) is 12.9. The zero-order valence-corrected chi connectivity index (χ0v) is 10.5. The van der Waals surface area contributed by atoms with E-state index in [0.717, 1.165) is 31.3 Å². The molecular formula is C13H12F2N4O. The molecule has 20 heavy (non-hydrogen) atoms. The van der Waals surface area contributed by atoms with Gasteiger partial charge in [0.2, 0.25) is 0 Å². The van der Waals surface area contributed by atoms with Gasteiger partial charge in [0.25, 0.3) is 0 Å². The predicted octanol–water partition coefficient (Wildman–Crippen LogP) is 1.13. The Hall–Kier alpha value is -2.15. The molecule has 0 spiro atoms. The monoisotopic (exact) mass is 278 g/mol. The third-order valence-electron chi connectivity index (χ3n) is 3.29. The Bertz CT molecular complexity index is 652. The molecule has 2 aromatic rings. The molecule has 1 aromatic heterocycles. The molecule has 0 bridgehead atoms. The third-order valence-corrected chi connectivity index (χ3v) is 3.29. The van der Waals surface area contributed by atoms with E-state index >= 15 is 0 Å². The predicted molar refractivity (Wildman–Crippen MR) is 66.3 cm³/mol. The molecule has 0 saturated carbocycles. The van der Waals surface area contributed by atoms with Crippen molar-refractivity contribution in [1.29, 1.82) is 0 Å². The van der Waals surface area contributed by atoms with Crippen molar-refractivity contribution in [2.24, 2.45) is 0 Å². The van der Waals surface area contributed by atoms with Gasteiger partial charge in [0.05, 0.1) is 12.2 Å². The lowest BCUT2D eigenvalue weighted by molar-refractivity contribution is 0.0987. The highest BCUT2D eigenvalue weighted by atomic mass is 19.1. The number of Topliss-reactive ketones (excluding diaryl/α,β-unsaturated/α-hetero) is 1. The normalized spacial score (nSPS) is 15.1. The molecule has 2 heterocycles. The first-order chi connectivity index (χ1) is 9.63. The van der Waals surface area contributed by atoms with Crippen LogP contribution in [-0.4, -0.2) is 33.9 Å². The van der Waals surface area contributed by atoms with Crippen molar-refractivity contribution in [2.45, 2.75) is 12.5 Å². The molecular weight excluding hydrogens is 266 g/mol. The first-order valence-electron chi connectivity index (χ1n) is 6.23. The van der Waals surface area contributed by atoms with Gasteiger partial charge in [0.15, 0.2) is 5.78 Å². The third kappa shape index (κ3) is 2.44. The summed E-state index contributed by atoms with van der Waals surface area (Å²) in [5.74, 6) is -1.55. The highest BCUT2D eigenvalue weighted by Crippen LogP contribution is 2.14. The van der Waals surface area contributed by atoms with E-state index in [1.807, 2.05) is 0 Å². The summed E-state index contributed by atoms with van der Waals surface area (Å²) >= 11 is 0. The Labute approximate surface area is 113 Å². The topological polar surface area (TPSA) is 59.8 Å². The Morgan fingerprint density at radius 2 is 2.20 bits per heavy atom. The van der Waals surface area contributed by atoms with Crippen molar-refractivity contribution < 1.29 is 13.6 Å². The Balaban J connectivity index is 1.75. The van der Waals surface area contributed by atoms with E-state index in [-0.39, 0.29) is 29.5 Å². The van der Waals surface area contributed by atoms with Crippen LogP contribution in [0, 0.1) is 11.6 Å². The largest absolute Gasteiger partial charge is 0.312 e. The number of nitrogens with zero attached hydrogens (tertiary/aromatic N) is 3. The summed E-state index contributed by atoms with van der Waals surface area (Å²) in [6.07, 6.45) is 1.32. The Kier molecular flexibility index (Phi) is 3.27. The molecule has 3 rings (SSSR count). The Morgan fingerprint density at radius 1 is 1.40 bits per heavy atom. The zero-order chi connectivity index (χ0) is 14.1. The number of carbonyl (C=O) groups is 1. The molecule has 7 heteroatoms. The van der Waals surface area contributed by atoms with Gasteiger partial charge in [-0.2, -0.15) is 0 Å². The molecule has 0 radical (unpaired) electrons. The molecule has 0 aliphatic carbocycles. The SMILES string of the molecule is O=C(Cc1cc(F)ccc1F)c1cn(C2CNC2)nn1. The minimum atomic E-state index is -0.602. The first-order valence-corrected chi connectivity index (χ1v) is 6.23. The van der Waals surface area contributed by atoms with E-state index in [9.17, 15) is 13.6 Å². The van der Waals surface area contributed by atoms with E-state index in [1.54, 1.807) is 10.9 Å². The number of rotatable bonds is 4. The molecule has 1 aliphatic rings. The number of halogens is 2. The quantitative estimate of drug-likeness (QED) is 0.852. The lowest BCUT2D eigenvalue weighted by Crippen LogP contribution is -2.43. The summed E-state index contributed by atoms with van der Waals surface area (Å²) in [5, 5.41) is 10.8. The van der Waals surface area contributed by atoms with Crippen LogP contribution in [-0.2, 0) is 6.42 Å². The minimum absolute atomic E-state index is 0.0230. The van der Waals surface area contributed by atoms with Gasteiger partial charge in [0.1, 0.15) is 17.3 Å². The maximum atomic E-state index is 13.5. The summed E-state index contributed by atoms with van der Waals surface area (Å²) in [7, 11) is 0. The van der Waals surface area contributed by atoms with Crippen LogP contribution in [0.4, 0.5) is 8.78 Å². The van der Waals surface area contributed by atoms with E-state index in [0.29, 0.717) is 0 Å². The number of carbonyl (C=O) groups excluding carboxylic acids is 1. The van der Waals surface area contributed by atoms with Crippen molar-refractivity contribution in [3.63, 3.8) is 0 Å². The molecule has 0 unspecified atom stereocenters. The maximum Gasteiger partial charge on any atom is 0.189 e. The van der Waals surface area contributed by atoms with Crippen molar-refractivity contribution in [3.05, 3.63) is 47.3 Å². The molecule has 5 nitrogen and oxygen atoms in total. The maximum absolute atomic E-state index is 13.5. The molecule has 1 aromatic carbocycles. The summed E-state index contributed by atoms with van der Waals surface area (Å²) in [6, 6.07) is 3.25. The lowest BCUT2D eigenvalue weighted by Gasteiger charge is -2.26. The second-order valence-electron chi connectivity index (χ2n) is 4.73. The molecule has 0 atom stereocenters. The van der Waals surface area contributed by atoms with Crippen LogP contribution in [0.5, 0.6) is 0 Å². The number of hydrogen-bond acceptors (Lipinski definition) is 4.